The summed E-state index contributed by atoms with van der Waals surface area (Å²) in [5.41, 5.74) is 0.830. The van der Waals surface area contributed by atoms with Gasteiger partial charge < -0.3 is 24.6 Å². The summed E-state index contributed by atoms with van der Waals surface area (Å²) in [4.78, 5) is 20.4. The Hall–Kier alpha value is -2.13. The monoisotopic (exact) mass is 338 g/mol. The minimum absolute atomic E-state index is 0.0357. The van der Waals surface area contributed by atoms with Crippen molar-refractivity contribution < 1.29 is 14.3 Å². The molecule has 9 nitrogen and oxygen atoms in total. The molecule has 1 aliphatic rings. The summed E-state index contributed by atoms with van der Waals surface area (Å²) in [6.07, 6.45) is 3.55. The molecule has 0 bridgehead atoms. The fourth-order valence-electron chi connectivity index (χ4n) is 2.49. The maximum absolute atomic E-state index is 12.4. The molecule has 1 aromatic heterocycles. The number of nitrogens with zero attached hydrogens (tertiary/aromatic N) is 5. The smallest absolute Gasteiger partial charge is 0.246 e. The molecule has 1 saturated heterocycles. The van der Waals surface area contributed by atoms with Crippen LogP contribution in [0.5, 0.6) is 0 Å². The second-order valence-electron chi connectivity index (χ2n) is 5.42. The minimum atomic E-state index is 0.0357. The third-order valence-electron chi connectivity index (χ3n) is 3.70. The number of carbonyl (C=O) groups is 1. The van der Waals surface area contributed by atoms with Gasteiger partial charge in [-0.15, -0.1) is 0 Å². The molecule has 0 unspecified atom stereocenters. The predicted molar refractivity (Wildman–Crippen MR) is 91.2 cm³/mol. The van der Waals surface area contributed by atoms with E-state index < -0.39 is 0 Å². The van der Waals surface area contributed by atoms with E-state index in [2.05, 4.69) is 15.4 Å². The molecule has 0 radical (unpaired) electrons. The number of guanidine groups is 1. The zero-order valence-corrected chi connectivity index (χ0v) is 14.6. The maximum Gasteiger partial charge on any atom is 0.246 e. The van der Waals surface area contributed by atoms with E-state index in [-0.39, 0.29) is 5.91 Å². The van der Waals surface area contributed by atoms with Crippen molar-refractivity contribution in [3.8, 4) is 0 Å². The van der Waals surface area contributed by atoms with Crippen LogP contribution in [0.2, 0.25) is 0 Å². The molecule has 0 spiro atoms. The quantitative estimate of drug-likeness (QED) is 0.402. The topological polar surface area (TPSA) is 84.2 Å². The van der Waals surface area contributed by atoms with Gasteiger partial charge in [0.05, 0.1) is 31.7 Å². The highest BCUT2D eigenvalue weighted by Gasteiger charge is 2.27. The number of aryl methyl sites for hydroxylation is 1. The first-order valence-corrected chi connectivity index (χ1v) is 7.97. The first kappa shape index (κ1) is 18.2. The van der Waals surface area contributed by atoms with E-state index >= 15 is 0 Å². The van der Waals surface area contributed by atoms with Gasteiger partial charge in [-0.2, -0.15) is 5.10 Å². The number of carbonyl (C=O) groups excluding carboxylic acids is 1. The highest BCUT2D eigenvalue weighted by atomic mass is 16.5. The standard InChI is InChI=1S/C15H26N6O3/c1-16-15(17-4-7-24-9-8-23-3)20-5-6-21(14(22)12-20)13-10-18-19(2)11-13/h10-11H,4-9,12H2,1-3H3,(H,16,17). The number of nitrogens with one attached hydrogen (secondary N) is 1. The zero-order chi connectivity index (χ0) is 17.4. The van der Waals surface area contributed by atoms with Crippen LogP contribution in [0.25, 0.3) is 0 Å². The van der Waals surface area contributed by atoms with Crippen molar-refractivity contribution in [2.75, 3.05) is 65.1 Å². The van der Waals surface area contributed by atoms with Crippen LogP contribution < -0.4 is 10.2 Å². The van der Waals surface area contributed by atoms with E-state index in [1.165, 1.54) is 0 Å². The van der Waals surface area contributed by atoms with Crippen LogP contribution in [0.1, 0.15) is 0 Å². The predicted octanol–water partition coefficient (Wildman–Crippen LogP) is -0.693. The van der Waals surface area contributed by atoms with Crippen molar-refractivity contribution in [2.24, 2.45) is 12.0 Å². The fraction of sp³-hybridized carbons (Fsp3) is 0.667. The second kappa shape index (κ2) is 9.24. The number of ether oxygens (including phenoxy) is 2. The highest BCUT2D eigenvalue weighted by Crippen LogP contribution is 2.15. The van der Waals surface area contributed by atoms with E-state index in [9.17, 15) is 4.79 Å². The van der Waals surface area contributed by atoms with Crippen LogP contribution in [0.4, 0.5) is 5.69 Å². The van der Waals surface area contributed by atoms with Crippen LogP contribution in [-0.4, -0.2) is 86.7 Å². The van der Waals surface area contributed by atoms with E-state index in [0.29, 0.717) is 52.0 Å². The lowest BCUT2D eigenvalue weighted by Gasteiger charge is -2.35. The van der Waals surface area contributed by atoms with E-state index in [0.717, 1.165) is 5.69 Å². The second-order valence-corrected chi connectivity index (χ2v) is 5.42. The Balaban J connectivity index is 1.79. The van der Waals surface area contributed by atoms with Crippen LogP contribution in [0.15, 0.2) is 17.4 Å². The summed E-state index contributed by atoms with van der Waals surface area (Å²) >= 11 is 0. The molecule has 1 aromatic rings. The van der Waals surface area contributed by atoms with Gasteiger partial charge in [-0.05, 0) is 0 Å². The van der Waals surface area contributed by atoms with Gasteiger partial charge in [0.2, 0.25) is 5.91 Å². The molecule has 24 heavy (non-hydrogen) atoms. The van der Waals surface area contributed by atoms with Crippen molar-refractivity contribution in [3.05, 3.63) is 12.4 Å². The van der Waals surface area contributed by atoms with Crippen LogP contribution in [0.3, 0.4) is 0 Å². The Kier molecular flexibility index (Phi) is 7.01. The first-order valence-electron chi connectivity index (χ1n) is 7.97. The normalized spacial score (nSPS) is 16.0. The lowest BCUT2D eigenvalue weighted by Crippen LogP contribution is -2.55. The van der Waals surface area contributed by atoms with Crippen LogP contribution in [0, 0.1) is 0 Å². The summed E-state index contributed by atoms with van der Waals surface area (Å²) in [6, 6.07) is 0. The molecule has 1 aliphatic heterocycles. The Morgan fingerprint density at radius 2 is 2.21 bits per heavy atom. The number of rotatable bonds is 7. The van der Waals surface area contributed by atoms with Crippen molar-refractivity contribution in [3.63, 3.8) is 0 Å². The van der Waals surface area contributed by atoms with E-state index in [1.54, 1.807) is 29.9 Å². The molecule has 2 heterocycles. The zero-order valence-electron chi connectivity index (χ0n) is 14.6. The third kappa shape index (κ3) is 4.93. The number of anilines is 1. The SMILES string of the molecule is CN=C(NCCOCCOC)N1CCN(c2cnn(C)c2)C(=O)C1. The number of aromatic nitrogens is 2. The summed E-state index contributed by atoms with van der Waals surface area (Å²) < 4.78 is 12.0. The first-order chi connectivity index (χ1) is 11.7. The van der Waals surface area contributed by atoms with Crippen molar-refractivity contribution >= 4 is 17.6 Å². The molecule has 0 aliphatic carbocycles. The number of amides is 1. The Morgan fingerprint density at radius 3 is 2.83 bits per heavy atom. The number of methoxy groups -OCH3 is 1. The van der Waals surface area contributed by atoms with Gasteiger partial charge in [-0.25, -0.2) is 0 Å². The number of aliphatic imine (C=N–C) groups is 1. The molecule has 9 heteroatoms. The van der Waals surface area contributed by atoms with Crippen LogP contribution in [-0.2, 0) is 21.3 Å². The molecule has 1 fully saturated rings. The van der Waals surface area contributed by atoms with Gasteiger partial charge in [0.1, 0.15) is 6.54 Å². The summed E-state index contributed by atoms with van der Waals surface area (Å²) in [6.45, 7) is 3.96. The number of hydrogen-bond acceptors (Lipinski definition) is 5. The maximum atomic E-state index is 12.4. The molecule has 1 amide bonds. The lowest BCUT2D eigenvalue weighted by atomic mass is 10.3. The third-order valence-corrected chi connectivity index (χ3v) is 3.70. The average Bonchev–Trinajstić information content (AvgIpc) is 3.00. The van der Waals surface area contributed by atoms with Gasteiger partial charge in [0.25, 0.3) is 0 Å². The molecule has 0 saturated carbocycles. The van der Waals surface area contributed by atoms with Gasteiger partial charge >= 0.3 is 0 Å². The number of piperazine rings is 1. The average molecular weight is 338 g/mol. The summed E-state index contributed by atoms with van der Waals surface area (Å²) in [5.74, 6) is 0.748. The Morgan fingerprint density at radius 1 is 1.38 bits per heavy atom. The van der Waals surface area contributed by atoms with Gasteiger partial charge in [0.15, 0.2) is 5.96 Å². The molecule has 134 valence electrons. The Bertz CT molecular complexity index is 559. The molecular formula is C15H26N6O3. The molecule has 1 N–H and O–H groups in total. The minimum Gasteiger partial charge on any atom is -0.382 e. The molecule has 0 atom stereocenters. The summed E-state index contributed by atoms with van der Waals surface area (Å²) in [7, 11) is 5.20. The largest absolute Gasteiger partial charge is 0.382 e. The fourth-order valence-corrected chi connectivity index (χ4v) is 2.49. The summed E-state index contributed by atoms with van der Waals surface area (Å²) in [5, 5.41) is 7.34. The highest BCUT2D eigenvalue weighted by molar-refractivity contribution is 5.98. The van der Waals surface area contributed by atoms with E-state index in [1.807, 2.05) is 18.1 Å². The van der Waals surface area contributed by atoms with Crippen LogP contribution >= 0.6 is 0 Å². The number of hydrogen-bond donors (Lipinski definition) is 1. The lowest BCUT2D eigenvalue weighted by molar-refractivity contribution is -0.120. The molecule has 0 aromatic carbocycles. The van der Waals surface area contributed by atoms with Gasteiger partial charge in [-0.3, -0.25) is 14.5 Å². The van der Waals surface area contributed by atoms with Crippen molar-refractivity contribution in [1.29, 1.82) is 0 Å². The Labute approximate surface area is 142 Å². The van der Waals surface area contributed by atoms with Crippen molar-refractivity contribution in [1.82, 2.24) is 20.0 Å². The van der Waals surface area contributed by atoms with Gasteiger partial charge in [0, 0.05) is 47.0 Å². The molecule has 2 rings (SSSR count). The van der Waals surface area contributed by atoms with E-state index in [4.69, 9.17) is 9.47 Å². The van der Waals surface area contributed by atoms with Gasteiger partial charge in [-0.1, -0.05) is 0 Å². The molecular weight excluding hydrogens is 312 g/mol. The van der Waals surface area contributed by atoms with Crippen molar-refractivity contribution in [2.45, 2.75) is 0 Å².